The minimum Gasteiger partial charge on any atom is -0.388 e. The van der Waals surface area contributed by atoms with Crippen LogP contribution in [-0.4, -0.2) is 26.0 Å². The molecule has 0 aliphatic carbocycles. The van der Waals surface area contributed by atoms with Crippen molar-refractivity contribution >= 4 is 15.9 Å². The van der Waals surface area contributed by atoms with Gasteiger partial charge in [-0.05, 0) is 12.8 Å². The van der Waals surface area contributed by atoms with Gasteiger partial charge in [-0.15, -0.1) is 0 Å². The van der Waals surface area contributed by atoms with Gasteiger partial charge in [-0.3, -0.25) is 5.41 Å². The number of amidine groups is 1. The summed E-state index contributed by atoms with van der Waals surface area (Å²) in [6.45, 7) is 5.38. The zero-order valence-electron chi connectivity index (χ0n) is 8.87. The van der Waals surface area contributed by atoms with Gasteiger partial charge in [0.05, 0.1) is 11.6 Å². The molecule has 84 valence electrons. The Morgan fingerprint density at radius 3 is 2.29 bits per heavy atom. The summed E-state index contributed by atoms with van der Waals surface area (Å²) in [7, 11) is -3.23. The van der Waals surface area contributed by atoms with Crippen molar-refractivity contribution in [2.24, 2.45) is 11.7 Å². The number of nitrogens with two attached hydrogens (primary N) is 1. The molecule has 0 bridgehead atoms. The van der Waals surface area contributed by atoms with Crippen LogP contribution in [0, 0.1) is 11.3 Å². The smallest absolute Gasteiger partial charge is 0.212 e. The van der Waals surface area contributed by atoms with Crippen molar-refractivity contribution in [3.05, 3.63) is 0 Å². The summed E-state index contributed by atoms with van der Waals surface area (Å²) >= 11 is 0. The van der Waals surface area contributed by atoms with Crippen LogP contribution in [0.15, 0.2) is 0 Å². The number of hydrogen-bond acceptors (Lipinski definition) is 3. The zero-order chi connectivity index (χ0) is 11.4. The molecule has 14 heavy (non-hydrogen) atoms. The quantitative estimate of drug-likeness (QED) is 0.444. The maximum Gasteiger partial charge on any atom is 0.212 e. The van der Waals surface area contributed by atoms with E-state index in [9.17, 15) is 8.42 Å². The van der Waals surface area contributed by atoms with Gasteiger partial charge < -0.3 is 5.73 Å². The van der Waals surface area contributed by atoms with Crippen LogP contribution in [0.25, 0.3) is 0 Å². The van der Waals surface area contributed by atoms with Crippen molar-refractivity contribution in [2.75, 3.05) is 5.75 Å². The van der Waals surface area contributed by atoms with Crippen molar-refractivity contribution in [3.8, 4) is 0 Å². The molecule has 0 aromatic heterocycles. The fourth-order valence-corrected chi connectivity index (χ4v) is 2.84. The van der Waals surface area contributed by atoms with Crippen LogP contribution in [0.2, 0.25) is 0 Å². The predicted molar refractivity (Wildman–Crippen MR) is 57.8 cm³/mol. The first kappa shape index (κ1) is 13.4. The van der Waals surface area contributed by atoms with E-state index in [0.29, 0.717) is 0 Å². The third kappa shape index (κ3) is 6.85. The van der Waals surface area contributed by atoms with Crippen LogP contribution in [0.4, 0.5) is 0 Å². The van der Waals surface area contributed by atoms with Gasteiger partial charge in [0.25, 0.3) is 0 Å². The average molecular weight is 221 g/mol. The third-order valence-electron chi connectivity index (χ3n) is 1.46. The Morgan fingerprint density at radius 1 is 1.43 bits per heavy atom. The Balaban J connectivity index is 4.16. The number of hydrogen-bond donors (Lipinski definition) is 3. The third-order valence-corrected chi connectivity index (χ3v) is 3.33. The molecule has 0 aromatic rings. The van der Waals surface area contributed by atoms with E-state index in [1.807, 2.05) is 13.8 Å². The molecule has 5 nitrogen and oxygen atoms in total. The summed E-state index contributed by atoms with van der Waals surface area (Å²) in [4.78, 5) is 0. The normalized spacial score (nSPS) is 14.3. The first-order valence-corrected chi connectivity index (χ1v) is 6.21. The van der Waals surface area contributed by atoms with E-state index < -0.39 is 10.0 Å². The highest BCUT2D eigenvalue weighted by Crippen LogP contribution is 2.00. The lowest BCUT2D eigenvalue weighted by atomic mass is 10.2. The number of nitrogens with one attached hydrogen (secondary N) is 2. The van der Waals surface area contributed by atoms with Gasteiger partial charge in [0, 0.05) is 12.5 Å². The van der Waals surface area contributed by atoms with E-state index >= 15 is 0 Å². The van der Waals surface area contributed by atoms with Crippen molar-refractivity contribution < 1.29 is 8.42 Å². The van der Waals surface area contributed by atoms with E-state index in [0.717, 1.165) is 0 Å². The second kappa shape index (κ2) is 5.31. The van der Waals surface area contributed by atoms with Crippen LogP contribution in [-0.2, 0) is 10.0 Å². The van der Waals surface area contributed by atoms with Gasteiger partial charge in [0.2, 0.25) is 10.0 Å². The highest BCUT2D eigenvalue weighted by atomic mass is 32.2. The molecule has 0 spiro atoms. The lowest BCUT2D eigenvalue weighted by molar-refractivity contribution is 0.552. The molecule has 0 aliphatic rings. The lowest BCUT2D eigenvalue weighted by Crippen LogP contribution is -2.37. The largest absolute Gasteiger partial charge is 0.388 e. The van der Waals surface area contributed by atoms with Crippen LogP contribution in [0.3, 0.4) is 0 Å². The lowest BCUT2D eigenvalue weighted by Gasteiger charge is -2.14. The van der Waals surface area contributed by atoms with Gasteiger partial charge >= 0.3 is 0 Å². The summed E-state index contributed by atoms with van der Waals surface area (Å²) in [5.41, 5.74) is 5.16. The highest BCUT2D eigenvalue weighted by Gasteiger charge is 2.16. The number of sulfonamides is 1. The molecule has 0 aliphatic heterocycles. The van der Waals surface area contributed by atoms with Gasteiger partial charge in [0.15, 0.2) is 0 Å². The molecule has 1 atom stereocenters. The van der Waals surface area contributed by atoms with Crippen LogP contribution < -0.4 is 10.5 Å². The van der Waals surface area contributed by atoms with Crippen molar-refractivity contribution in [3.63, 3.8) is 0 Å². The SMILES string of the molecule is CC(C)CS(=O)(=O)NC(C)CC(=N)N. The molecule has 0 aromatic carbocycles. The van der Waals surface area contributed by atoms with Crippen LogP contribution in [0.1, 0.15) is 27.2 Å². The van der Waals surface area contributed by atoms with E-state index in [-0.39, 0.29) is 30.0 Å². The van der Waals surface area contributed by atoms with Crippen molar-refractivity contribution in [1.29, 1.82) is 5.41 Å². The molecule has 0 rings (SSSR count). The zero-order valence-corrected chi connectivity index (χ0v) is 9.69. The molecule has 4 N–H and O–H groups in total. The molecule has 0 fully saturated rings. The van der Waals surface area contributed by atoms with E-state index in [1.165, 1.54) is 0 Å². The fourth-order valence-electron chi connectivity index (χ4n) is 1.17. The molecule has 0 amide bonds. The van der Waals surface area contributed by atoms with Gasteiger partial charge in [-0.1, -0.05) is 13.8 Å². The molecular weight excluding hydrogens is 202 g/mol. The average Bonchev–Trinajstić information content (AvgIpc) is 1.77. The monoisotopic (exact) mass is 221 g/mol. The summed E-state index contributed by atoms with van der Waals surface area (Å²) in [6.07, 6.45) is 0.247. The molecule has 1 unspecified atom stereocenters. The second-order valence-electron chi connectivity index (χ2n) is 3.92. The minimum absolute atomic E-state index is 0.00949. The molecule has 6 heteroatoms. The highest BCUT2D eigenvalue weighted by molar-refractivity contribution is 7.89. The second-order valence-corrected chi connectivity index (χ2v) is 5.72. The van der Waals surface area contributed by atoms with Crippen LogP contribution in [0.5, 0.6) is 0 Å². The topological polar surface area (TPSA) is 96.0 Å². The summed E-state index contributed by atoms with van der Waals surface area (Å²) in [6, 6.07) is -0.309. The number of rotatable bonds is 6. The molecule has 0 saturated heterocycles. The Hall–Kier alpha value is -0.620. The summed E-state index contributed by atoms with van der Waals surface area (Å²) < 4.78 is 25.3. The van der Waals surface area contributed by atoms with Crippen molar-refractivity contribution in [2.45, 2.75) is 33.2 Å². The van der Waals surface area contributed by atoms with E-state index in [1.54, 1.807) is 6.92 Å². The Morgan fingerprint density at radius 2 is 1.93 bits per heavy atom. The first-order chi connectivity index (χ1) is 6.23. The Labute approximate surface area is 85.6 Å². The maximum atomic E-state index is 11.4. The fraction of sp³-hybridized carbons (Fsp3) is 0.875. The summed E-state index contributed by atoms with van der Waals surface area (Å²) in [5.74, 6) is 0.191. The van der Waals surface area contributed by atoms with E-state index in [4.69, 9.17) is 11.1 Å². The standard InChI is InChI=1S/C8H19N3O2S/c1-6(2)5-14(12,13)11-7(3)4-8(9)10/h6-7,11H,4-5H2,1-3H3,(H3,9,10). The Kier molecular flexibility index (Phi) is 5.07. The van der Waals surface area contributed by atoms with E-state index in [2.05, 4.69) is 4.72 Å². The van der Waals surface area contributed by atoms with Gasteiger partial charge in [-0.25, -0.2) is 13.1 Å². The molecule has 0 heterocycles. The molecular formula is C8H19N3O2S. The predicted octanol–water partition coefficient (Wildman–Crippen LogP) is 0.276. The summed E-state index contributed by atoms with van der Waals surface area (Å²) in [5, 5.41) is 7.02. The molecule has 0 radical (unpaired) electrons. The Bertz CT molecular complexity index is 285. The van der Waals surface area contributed by atoms with Crippen LogP contribution >= 0.6 is 0 Å². The van der Waals surface area contributed by atoms with Gasteiger partial charge in [0.1, 0.15) is 0 Å². The molecule has 0 saturated carbocycles. The van der Waals surface area contributed by atoms with Crippen molar-refractivity contribution in [1.82, 2.24) is 4.72 Å². The maximum absolute atomic E-state index is 11.4. The minimum atomic E-state index is -3.23. The first-order valence-electron chi connectivity index (χ1n) is 4.56. The van der Waals surface area contributed by atoms with Gasteiger partial charge in [-0.2, -0.15) is 0 Å².